The first-order valence-electron chi connectivity index (χ1n) is 9.02. The van der Waals surface area contributed by atoms with Crippen molar-refractivity contribution >= 4 is 17.8 Å². The molecule has 2 aromatic heterocycles. The molecule has 1 atom stereocenters. The van der Waals surface area contributed by atoms with Crippen molar-refractivity contribution in [1.29, 1.82) is 0 Å². The average molecular weight is 381 g/mol. The number of likely N-dealkylation sites (tertiary alicyclic amines) is 1. The van der Waals surface area contributed by atoms with E-state index in [4.69, 9.17) is 11.2 Å². The van der Waals surface area contributed by atoms with Crippen molar-refractivity contribution in [1.82, 2.24) is 19.7 Å². The molecule has 1 aliphatic rings. The second kappa shape index (κ2) is 7.72. The summed E-state index contributed by atoms with van der Waals surface area (Å²) in [5.74, 6) is 2.51. The van der Waals surface area contributed by atoms with Gasteiger partial charge in [0.05, 0.1) is 6.04 Å². The van der Waals surface area contributed by atoms with Crippen LogP contribution in [0.2, 0.25) is 0 Å². The summed E-state index contributed by atoms with van der Waals surface area (Å²) in [6.45, 7) is 6.65. The number of terminal acetylenes is 1. The Bertz CT molecular complexity index is 905. The van der Waals surface area contributed by atoms with E-state index in [1.54, 1.807) is 34.0 Å². The Morgan fingerprint density at radius 1 is 1.32 bits per heavy atom. The standard InChI is InChI=1S/C20H23N5O3/c1-5-14-6-7-16(21-12-14)18(26)22-17-9-11-25(23-17)15-8-10-24(13-15)19(27)28-20(2,3)4/h1,6-7,9,11-12,15H,8,10,13H2,2-4H3,(H,22,23,26). The molecule has 28 heavy (non-hydrogen) atoms. The van der Waals surface area contributed by atoms with Crippen LogP contribution in [0.25, 0.3) is 0 Å². The van der Waals surface area contributed by atoms with Crippen molar-refractivity contribution in [3.8, 4) is 12.3 Å². The van der Waals surface area contributed by atoms with Gasteiger partial charge in [0.1, 0.15) is 11.3 Å². The van der Waals surface area contributed by atoms with E-state index in [1.165, 1.54) is 6.20 Å². The summed E-state index contributed by atoms with van der Waals surface area (Å²) in [6, 6.07) is 4.97. The number of anilines is 1. The van der Waals surface area contributed by atoms with Crippen molar-refractivity contribution in [2.45, 2.75) is 38.8 Å². The van der Waals surface area contributed by atoms with Gasteiger partial charge in [-0.15, -0.1) is 6.42 Å². The Labute approximate surface area is 163 Å². The van der Waals surface area contributed by atoms with E-state index < -0.39 is 5.60 Å². The van der Waals surface area contributed by atoms with E-state index in [0.717, 1.165) is 6.42 Å². The molecule has 0 radical (unpaired) electrons. The summed E-state index contributed by atoms with van der Waals surface area (Å²) >= 11 is 0. The fourth-order valence-corrected chi connectivity index (χ4v) is 2.85. The highest BCUT2D eigenvalue weighted by molar-refractivity contribution is 6.02. The number of hydrogen-bond donors (Lipinski definition) is 1. The maximum atomic E-state index is 12.3. The van der Waals surface area contributed by atoms with Crippen LogP contribution in [-0.4, -0.2) is 50.4 Å². The molecule has 8 nitrogen and oxygen atoms in total. The third kappa shape index (κ3) is 4.68. The molecule has 3 rings (SSSR count). The van der Waals surface area contributed by atoms with E-state index in [1.807, 2.05) is 20.8 Å². The second-order valence-corrected chi connectivity index (χ2v) is 7.58. The van der Waals surface area contributed by atoms with Gasteiger partial charge in [-0.1, -0.05) is 5.92 Å². The molecule has 146 valence electrons. The van der Waals surface area contributed by atoms with Crippen LogP contribution < -0.4 is 5.32 Å². The Balaban J connectivity index is 1.59. The van der Waals surface area contributed by atoms with Crippen molar-refractivity contribution in [2.24, 2.45) is 0 Å². The molecule has 1 N–H and O–H groups in total. The SMILES string of the molecule is C#Cc1ccc(C(=O)Nc2ccn(C3CCN(C(=O)OC(C)(C)C)C3)n2)nc1. The topological polar surface area (TPSA) is 89.4 Å². The van der Waals surface area contributed by atoms with Crippen LogP contribution >= 0.6 is 0 Å². The Morgan fingerprint density at radius 2 is 2.11 bits per heavy atom. The summed E-state index contributed by atoms with van der Waals surface area (Å²) in [7, 11) is 0. The Morgan fingerprint density at radius 3 is 2.75 bits per heavy atom. The molecule has 0 aromatic carbocycles. The minimum Gasteiger partial charge on any atom is -0.444 e. The smallest absolute Gasteiger partial charge is 0.410 e. The molecule has 0 aliphatic carbocycles. The minimum atomic E-state index is -0.523. The quantitative estimate of drug-likeness (QED) is 0.826. The highest BCUT2D eigenvalue weighted by Gasteiger charge is 2.31. The normalized spacial score (nSPS) is 16.5. The lowest BCUT2D eigenvalue weighted by Gasteiger charge is -2.24. The first kappa shape index (κ1) is 19.4. The molecule has 1 fully saturated rings. The van der Waals surface area contributed by atoms with Crippen molar-refractivity contribution in [3.05, 3.63) is 41.9 Å². The lowest BCUT2D eigenvalue weighted by molar-refractivity contribution is 0.0288. The monoisotopic (exact) mass is 381 g/mol. The van der Waals surface area contributed by atoms with Gasteiger partial charge in [-0.05, 0) is 39.3 Å². The average Bonchev–Trinajstić information content (AvgIpc) is 3.29. The number of amides is 2. The van der Waals surface area contributed by atoms with Crippen molar-refractivity contribution in [2.75, 3.05) is 18.4 Å². The fraction of sp³-hybridized carbons (Fsp3) is 0.400. The van der Waals surface area contributed by atoms with Crippen LogP contribution in [0.3, 0.4) is 0 Å². The number of carbonyl (C=O) groups is 2. The Kier molecular flexibility index (Phi) is 5.36. The number of pyridine rings is 1. The zero-order valence-electron chi connectivity index (χ0n) is 16.2. The van der Waals surface area contributed by atoms with Crippen LogP contribution in [0.1, 0.15) is 49.3 Å². The minimum absolute atomic E-state index is 0.0335. The predicted octanol–water partition coefficient (Wildman–Crippen LogP) is 2.69. The van der Waals surface area contributed by atoms with E-state index in [0.29, 0.717) is 24.5 Å². The number of carbonyl (C=O) groups excluding carboxylic acids is 2. The number of nitrogens with one attached hydrogen (secondary N) is 1. The van der Waals surface area contributed by atoms with Gasteiger partial charge in [0, 0.05) is 37.1 Å². The van der Waals surface area contributed by atoms with Crippen LogP contribution in [-0.2, 0) is 4.74 Å². The predicted molar refractivity (Wildman–Crippen MR) is 104 cm³/mol. The van der Waals surface area contributed by atoms with E-state index in [2.05, 4.69) is 21.3 Å². The van der Waals surface area contributed by atoms with Crippen molar-refractivity contribution < 1.29 is 14.3 Å². The van der Waals surface area contributed by atoms with Gasteiger partial charge in [0.25, 0.3) is 5.91 Å². The molecular weight excluding hydrogens is 358 g/mol. The van der Waals surface area contributed by atoms with Crippen molar-refractivity contribution in [3.63, 3.8) is 0 Å². The molecule has 2 amide bonds. The van der Waals surface area contributed by atoms with E-state index in [9.17, 15) is 9.59 Å². The lowest BCUT2D eigenvalue weighted by atomic mass is 10.2. The molecular formula is C20H23N5O3. The summed E-state index contributed by atoms with van der Waals surface area (Å²) in [5, 5.41) is 7.12. The second-order valence-electron chi connectivity index (χ2n) is 7.58. The zero-order chi connectivity index (χ0) is 20.3. The van der Waals surface area contributed by atoms with Gasteiger partial charge in [-0.2, -0.15) is 5.10 Å². The van der Waals surface area contributed by atoms with Crippen LogP contribution in [0, 0.1) is 12.3 Å². The highest BCUT2D eigenvalue weighted by Crippen LogP contribution is 2.23. The van der Waals surface area contributed by atoms with Gasteiger partial charge in [-0.3, -0.25) is 9.48 Å². The zero-order valence-corrected chi connectivity index (χ0v) is 16.2. The number of nitrogens with zero attached hydrogens (tertiary/aromatic N) is 4. The summed E-state index contributed by atoms with van der Waals surface area (Å²) in [6.07, 6.45) is 8.99. The molecule has 8 heteroatoms. The molecule has 1 aliphatic heterocycles. The first-order chi connectivity index (χ1) is 13.2. The first-order valence-corrected chi connectivity index (χ1v) is 9.02. The number of rotatable bonds is 3. The fourth-order valence-electron chi connectivity index (χ4n) is 2.85. The van der Waals surface area contributed by atoms with E-state index in [-0.39, 0.29) is 23.7 Å². The number of ether oxygens (including phenoxy) is 1. The molecule has 1 saturated heterocycles. The number of aromatic nitrogens is 3. The van der Waals surface area contributed by atoms with Gasteiger partial charge >= 0.3 is 6.09 Å². The van der Waals surface area contributed by atoms with Crippen LogP contribution in [0.4, 0.5) is 10.6 Å². The molecule has 0 bridgehead atoms. The maximum Gasteiger partial charge on any atom is 0.410 e. The van der Waals surface area contributed by atoms with Gasteiger partial charge < -0.3 is 15.0 Å². The number of hydrogen-bond acceptors (Lipinski definition) is 5. The summed E-state index contributed by atoms with van der Waals surface area (Å²) < 4.78 is 7.17. The third-order valence-corrected chi connectivity index (χ3v) is 4.20. The van der Waals surface area contributed by atoms with Gasteiger partial charge in [0.15, 0.2) is 5.82 Å². The van der Waals surface area contributed by atoms with Gasteiger partial charge in [-0.25, -0.2) is 9.78 Å². The van der Waals surface area contributed by atoms with E-state index >= 15 is 0 Å². The molecule has 3 heterocycles. The molecule has 0 saturated carbocycles. The van der Waals surface area contributed by atoms with Gasteiger partial charge in [0.2, 0.25) is 0 Å². The third-order valence-electron chi connectivity index (χ3n) is 4.20. The lowest BCUT2D eigenvalue weighted by Crippen LogP contribution is -2.35. The van der Waals surface area contributed by atoms with Crippen LogP contribution in [0.15, 0.2) is 30.6 Å². The summed E-state index contributed by atoms with van der Waals surface area (Å²) in [4.78, 5) is 30.2. The molecule has 1 unspecified atom stereocenters. The highest BCUT2D eigenvalue weighted by atomic mass is 16.6. The van der Waals surface area contributed by atoms with Crippen LogP contribution in [0.5, 0.6) is 0 Å². The maximum absolute atomic E-state index is 12.3. The molecule has 2 aromatic rings. The Hall–Kier alpha value is -3.34. The summed E-state index contributed by atoms with van der Waals surface area (Å²) in [5.41, 5.74) is 0.340. The molecule has 0 spiro atoms. The largest absolute Gasteiger partial charge is 0.444 e.